The van der Waals surface area contributed by atoms with Crippen LogP contribution in [-0.4, -0.2) is 55.5 Å². The lowest BCUT2D eigenvalue weighted by Crippen LogP contribution is -2.45. The zero-order chi connectivity index (χ0) is 14.5. The van der Waals surface area contributed by atoms with E-state index in [4.69, 9.17) is 0 Å². The van der Waals surface area contributed by atoms with Crippen molar-refractivity contribution >= 4 is 11.6 Å². The molecule has 0 radical (unpaired) electrons. The summed E-state index contributed by atoms with van der Waals surface area (Å²) in [5.41, 5.74) is 3.21. The molecule has 110 valence electrons. The molecule has 0 atom stereocenters. The Balaban J connectivity index is 1.81. The van der Waals surface area contributed by atoms with E-state index in [1.807, 2.05) is 32.0 Å². The van der Waals surface area contributed by atoms with Gasteiger partial charge >= 0.3 is 0 Å². The third kappa shape index (κ3) is 4.05. The second-order valence-electron chi connectivity index (χ2n) is 5.71. The number of likely N-dealkylation sites (N-methyl/N-ethyl adjacent to an activating group) is 1. The van der Waals surface area contributed by atoms with E-state index in [1.54, 1.807) is 0 Å². The summed E-state index contributed by atoms with van der Waals surface area (Å²) >= 11 is 0. The van der Waals surface area contributed by atoms with Crippen LogP contribution in [0.3, 0.4) is 0 Å². The van der Waals surface area contributed by atoms with Gasteiger partial charge in [0.05, 0.1) is 0 Å². The van der Waals surface area contributed by atoms with Gasteiger partial charge in [-0.15, -0.1) is 0 Å². The summed E-state index contributed by atoms with van der Waals surface area (Å²) in [6, 6.07) is 6.08. The van der Waals surface area contributed by atoms with Crippen LogP contribution < -0.4 is 5.32 Å². The van der Waals surface area contributed by atoms with E-state index in [-0.39, 0.29) is 5.91 Å². The predicted octanol–water partition coefficient (Wildman–Crippen LogP) is 1.88. The Labute approximate surface area is 121 Å². The summed E-state index contributed by atoms with van der Waals surface area (Å²) < 4.78 is 0. The van der Waals surface area contributed by atoms with Crippen LogP contribution in [-0.2, 0) is 4.79 Å². The maximum Gasteiger partial charge on any atom is 0.225 e. The Kier molecular flexibility index (Phi) is 5.15. The zero-order valence-electron chi connectivity index (χ0n) is 12.8. The summed E-state index contributed by atoms with van der Waals surface area (Å²) in [7, 11) is 2.14. The highest BCUT2D eigenvalue weighted by Gasteiger charge is 2.15. The molecule has 1 amide bonds. The Morgan fingerprint density at radius 3 is 2.35 bits per heavy atom. The fraction of sp³-hybridized carbons (Fsp3) is 0.562. The number of benzene rings is 1. The largest absolute Gasteiger partial charge is 0.326 e. The standard InChI is InChI=1S/C16H25N3O/c1-13-5-4-6-14(2)16(13)17-15(20)7-8-19-11-9-18(3)10-12-19/h4-6H,7-12H2,1-3H3,(H,17,20). The van der Waals surface area contributed by atoms with E-state index >= 15 is 0 Å². The Bertz CT molecular complexity index is 445. The lowest BCUT2D eigenvalue weighted by atomic mass is 10.1. The van der Waals surface area contributed by atoms with Crippen LogP contribution in [0.15, 0.2) is 18.2 Å². The van der Waals surface area contributed by atoms with Gasteiger partial charge in [-0.2, -0.15) is 0 Å². The van der Waals surface area contributed by atoms with Gasteiger partial charge < -0.3 is 15.1 Å². The fourth-order valence-corrected chi connectivity index (χ4v) is 2.54. The molecule has 1 aliphatic heterocycles. The van der Waals surface area contributed by atoms with Gasteiger partial charge in [-0.25, -0.2) is 0 Å². The van der Waals surface area contributed by atoms with Crippen LogP contribution in [0.1, 0.15) is 17.5 Å². The number of rotatable bonds is 4. The smallest absolute Gasteiger partial charge is 0.225 e. The maximum atomic E-state index is 12.1. The highest BCUT2D eigenvalue weighted by molar-refractivity contribution is 5.92. The maximum absolute atomic E-state index is 12.1. The molecule has 0 unspecified atom stereocenters. The topological polar surface area (TPSA) is 35.6 Å². The molecular weight excluding hydrogens is 250 g/mol. The van der Waals surface area contributed by atoms with E-state index in [0.29, 0.717) is 6.42 Å². The van der Waals surface area contributed by atoms with Crippen molar-refractivity contribution in [3.05, 3.63) is 29.3 Å². The molecule has 0 aromatic heterocycles. The number of piperazine rings is 1. The van der Waals surface area contributed by atoms with Crippen LogP contribution in [0.25, 0.3) is 0 Å². The molecule has 1 aromatic carbocycles. The van der Waals surface area contributed by atoms with Crippen molar-refractivity contribution in [3.63, 3.8) is 0 Å². The van der Waals surface area contributed by atoms with Gasteiger partial charge in [0.2, 0.25) is 5.91 Å². The number of nitrogens with zero attached hydrogens (tertiary/aromatic N) is 2. The molecule has 0 saturated carbocycles. The zero-order valence-corrected chi connectivity index (χ0v) is 12.8. The van der Waals surface area contributed by atoms with E-state index in [1.165, 1.54) is 0 Å². The van der Waals surface area contributed by atoms with E-state index in [0.717, 1.165) is 49.5 Å². The minimum absolute atomic E-state index is 0.112. The Morgan fingerprint density at radius 2 is 1.75 bits per heavy atom. The number of nitrogens with one attached hydrogen (secondary N) is 1. The van der Waals surface area contributed by atoms with Gasteiger partial charge in [-0.1, -0.05) is 18.2 Å². The monoisotopic (exact) mass is 275 g/mol. The number of hydrogen-bond acceptors (Lipinski definition) is 3. The first-order valence-corrected chi connectivity index (χ1v) is 7.33. The molecule has 1 N–H and O–H groups in total. The van der Waals surface area contributed by atoms with E-state index in [2.05, 4.69) is 22.2 Å². The van der Waals surface area contributed by atoms with Crippen LogP contribution in [0.4, 0.5) is 5.69 Å². The second kappa shape index (κ2) is 6.86. The summed E-state index contributed by atoms with van der Waals surface area (Å²) in [6.45, 7) is 9.23. The minimum atomic E-state index is 0.112. The summed E-state index contributed by atoms with van der Waals surface area (Å²) in [5.74, 6) is 0.112. The van der Waals surface area contributed by atoms with Crippen LogP contribution in [0.2, 0.25) is 0 Å². The van der Waals surface area contributed by atoms with Gasteiger partial charge in [0, 0.05) is 44.8 Å². The molecule has 1 heterocycles. The molecule has 20 heavy (non-hydrogen) atoms. The van der Waals surface area contributed by atoms with E-state index < -0.39 is 0 Å². The van der Waals surface area contributed by atoms with Crippen molar-refractivity contribution < 1.29 is 4.79 Å². The van der Waals surface area contributed by atoms with E-state index in [9.17, 15) is 4.79 Å². The average molecular weight is 275 g/mol. The number of amides is 1. The first kappa shape index (κ1) is 15.0. The van der Waals surface area contributed by atoms with Gasteiger partial charge in [0.1, 0.15) is 0 Å². The third-order valence-corrected chi connectivity index (χ3v) is 4.00. The number of carbonyl (C=O) groups excluding carboxylic acids is 1. The van der Waals surface area contributed by atoms with Crippen molar-refractivity contribution in [1.82, 2.24) is 9.80 Å². The average Bonchev–Trinajstić information content (AvgIpc) is 2.42. The molecule has 4 nitrogen and oxygen atoms in total. The normalized spacial score (nSPS) is 17.1. The Morgan fingerprint density at radius 1 is 1.15 bits per heavy atom. The molecule has 0 bridgehead atoms. The molecular formula is C16H25N3O. The highest BCUT2D eigenvalue weighted by atomic mass is 16.1. The quantitative estimate of drug-likeness (QED) is 0.911. The summed E-state index contributed by atoms with van der Waals surface area (Å²) in [5, 5.41) is 3.05. The van der Waals surface area contributed by atoms with Crippen molar-refractivity contribution in [2.45, 2.75) is 20.3 Å². The van der Waals surface area contributed by atoms with Gasteiger partial charge in [0.25, 0.3) is 0 Å². The summed E-state index contributed by atoms with van der Waals surface area (Å²) in [6.07, 6.45) is 0.567. The first-order chi connectivity index (χ1) is 9.56. The van der Waals surface area contributed by atoms with Crippen molar-refractivity contribution in [2.75, 3.05) is 45.1 Å². The van der Waals surface area contributed by atoms with Crippen molar-refractivity contribution in [1.29, 1.82) is 0 Å². The third-order valence-electron chi connectivity index (χ3n) is 4.00. The fourth-order valence-electron chi connectivity index (χ4n) is 2.54. The van der Waals surface area contributed by atoms with Crippen LogP contribution >= 0.6 is 0 Å². The van der Waals surface area contributed by atoms with Gasteiger partial charge in [-0.3, -0.25) is 4.79 Å². The molecule has 1 aromatic rings. The van der Waals surface area contributed by atoms with Crippen molar-refractivity contribution in [2.24, 2.45) is 0 Å². The number of carbonyl (C=O) groups is 1. The Hall–Kier alpha value is -1.39. The van der Waals surface area contributed by atoms with Gasteiger partial charge in [0.15, 0.2) is 0 Å². The molecule has 1 aliphatic rings. The lowest BCUT2D eigenvalue weighted by molar-refractivity contribution is -0.116. The number of aryl methyl sites for hydroxylation is 2. The first-order valence-electron chi connectivity index (χ1n) is 7.33. The number of para-hydroxylation sites is 1. The molecule has 0 aliphatic carbocycles. The van der Waals surface area contributed by atoms with Crippen LogP contribution in [0, 0.1) is 13.8 Å². The summed E-state index contributed by atoms with van der Waals surface area (Å²) in [4.78, 5) is 16.8. The number of anilines is 1. The SMILES string of the molecule is Cc1cccc(C)c1NC(=O)CCN1CCN(C)CC1. The van der Waals surface area contributed by atoms with Gasteiger partial charge in [-0.05, 0) is 32.0 Å². The molecule has 2 rings (SSSR count). The predicted molar refractivity (Wildman–Crippen MR) is 83.1 cm³/mol. The molecule has 0 spiro atoms. The highest BCUT2D eigenvalue weighted by Crippen LogP contribution is 2.19. The minimum Gasteiger partial charge on any atom is -0.326 e. The number of hydrogen-bond donors (Lipinski definition) is 1. The molecule has 4 heteroatoms. The molecule has 1 fully saturated rings. The second-order valence-corrected chi connectivity index (χ2v) is 5.71. The van der Waals surface area contributed by atoms with Crippen LogP contribution in [0.5, 0.6) is 0 Å². The van der Waals surface area contributed by atoms with Crippen molar-refractivity contribution in [3.8, 4) is 0 Å². The lowest BCUT2D eigenvalue weighted by Gasteiger charge is -2.32. The molecule has 1 saturated heterocycles.